The lowest BCUT2D eigenvalue weighted by molar-refractivity contribution is -0.116. The number of benzene rings is 3. The van der Waals surface area contributed by atoms with Gasteiger partial charge in [0, 0.05) is 29.7 Å². The van der Waals surface area contributed by atoms with Gasteiger partial charge in [0.15, 0.2) is 5.16 Å². The number of aryl methyl sites for hydroxylation is 1. The predicted molar refractivity (Wildman–Crippen MR) is 127 cm³/mol. The van der Waals surface area contributed by atoms with Gasteiger partial charge in [-0.2, -0.15) is 0 Å². The van der Waals surface area contributed by atoms with Crippen LogP contribution in [0.15, 0.2) is 96.3 Å². The number of hydrogen-bond donors (Lipinski definition) is 0. The first-order valence-electron chi connectivity index (χ1n) is 10.5. The van der Waals surface area contributed by atoms with E-state index in [1.807, 2.05) is 59.6 Å². The molecule has 4 aromatic rings. The van der Waals surface area contributed by atoms with E-state index in [9.17, 15) is 4.79 Å². The Morgan fingerprint density at radius 3 is 2.42 bits per heavy atom. The molecule has 0 N–H and O–H groups in total. The molecule has 154 valence electrons. The highest BCUT2D eigenvalue weighted by Gasteiger charge is 2.23. The first-order valence-corrected chi connectivity index (χ1v) is 11.5. The van der Waals surface area contributed by atoms with Crippen LogP contribution in [0.2, 0.25) is 0 Å². The summed E-state index contributed by atoms with van der Waals surface area (Å²) < 4.78 is 2.07. The van der Waals surface area contributed by atoms with Crippen molar-refractivity contribution in [2.24, 2.45) is 0 Å². The van der Waals surface area contributed by atoms with Gasteiger partial charge in [-0.25, -0.2) is 4.98 Å². The molecule has 5 rings (SSSR count). The van der Waals surface area contributed by atoms with Crippen LogP contribution >= 0.6 is 11.8 Å². The second-order valence-corrected chi connectivity index (χ2v) is 8.49. The molecule has 1 aromatic heterocycles. The van der Waals surface area contributed by atoms with E-state index in [2.05, 4.69) is 41.0 Å². The number of nitrogens with zero attached hydrogens (tertiary/aromatic N) is 3. The molecule has 1 aliphatic heterocycles. The van der Waals surface area contributed by atoms with Crippen LogP contribution in [-0.2, 0) is 11.2 Å². The van der Waals surface area contributed by atoms with Crippen molar-refractivity contribution in [2.75, 3.05) is 17.2 Å². The number of fused-ring (bicyclic) bond motifs is 1. The molecule has 0 unspecified atom stereocenters. The summed E-state index contributed by atoms with van der Waals surface area (Å²) in [5, 5.41) is 0.823. The van der Waals surface area contributed by atoms with Crippen LogP contribution in [0, 0.1) is 0 Å². The molecule has 0 atom stereocenters. The van der Waals surface area contributed by atoms with E-state index in [0.717, 1.165) is 47.2 Å². The number of hydrogen-bond acceptors (Lipinski definition) is 3. The van der Waals surface area contributed by atoms with E-state index in [-0.39, 0.29) is 5.91 Å². The van der Waals surface area contributed by atoms with Crippen molar-refractivity contribution in [1.29, 1.82) is 0 Å². The lowest BCUT2D eigenvalue weighted by Crippen LogP contribution is -2.36. The second-order valence-electron chi connectivity index (χ2n) is 7.55. The fourth-order valence-electron chi connectivity index (χ4n) is 3.98. The molecule has 1 aliphatic rings. The van der Waals surface area contributed by atoms with Crippen molar-refractivity contribution in [2.45, 2.75) is 18.0 Å². The summed E-state index contributed by atoms with van der Waals surface area (Å²) in [6, 6.07) is 28.5. The maximum Gasteiger partial charge on any atom is 0.237 e. The highest BCUT2D eigenvalue weighted by atomic mass is 32.2. The summed E-state index contributed by atoms with van der Waals surface area (Å²) in [6.45, 7) is 0.777. The number of anilines is 1. The Hall–Kier alpha value is -3.31. The maximum absolute atomic E-state index is 13.1. The normalized spacial score (nSPS) is 13.1. The molecule has 0 fully saturated rings. The Kier molecular flexibility index (Phi) is 5.59. The number of para-hydroxylation sites is 2. The van der Waals surface area contributed by atoms with Crippen molar-refractivity contribution in [3.05, 3.63) is 96.7 Å². The number of carbonyl (C=O) groups is 1. The Labute approximate surface area is 186 Å². The van der Waals surface area contributed by atoms with Gasteiger partial charge in [-0.05, 0) is 36.6 Å². The molecule has 0 saturated heterocycles. The number of amides is 1. The van der Waals surface area contributed by atoms with Crippen LogP contribution in [0.25, 0.3) is 16.9 Å². The van der Waals surface area contributed by atoms with Crippen LogP contribution in [-0.4, -0.2) is 27.8 Å². The quantitative estimate of drug-likeness (QED) is 0.390. The van der Waals surface area contributed by atoms with Crippen LogP contribution in [0.5, 0.6) is 0 Å². The van der Waals surface area contributed by atoms with Gasteiger partial charge >= 0.3 is 0 Å². The summed E-state index contributed by atoms with van der Waals surface area (Å²) in [6.07, 6.45) is 4.09. The van der Waals surface area contributed by atoms with E-state index < -0.39 is 0 Å². The number of imidazole rings is 1. The Bertz CT molecular complexity index is 1190. The van der Waals surface area contributed by atoms with Gasteiger partial charge in [0.25, 0.3) is 0 Å². The summed E-state index contributed by atoms with van der Waals surface area (Å²) in [5.41, 5.74) is 5.31. The largest absolute Gasteiger partial charge is 0.311 e. The van der Waals surface area contributed by atoms with Crippen molar-refractivity contribution in [1.82, 2.24) is 9.55 Å². The fourth-order valence-corrected chi connectivity index (χ4v) is 4.85. The fraction of sp³-hybridized carbons (Fsp3) is 0.154. The smallest absolute Gasteiger partial charge is 0.237 e. The molecule has 31 heavy (non-hydrogen) atoms. The van der Waals surface area contributed by atoms with Gasteiger partial charge in [-0.15, -0.1) is 0 Å². The van der Waals surface area contributed by atoms with E-state index in [1.165, 1.54) is 17.3 Å². The monoisotopic (exact) mass is 425 g/mol. The summed E-state index contributed by atoms with van der Waals surface area (Å²) in [4.78, 5) is 19.9. The number of carbonyl (C=O) groups excluding carboxylic acids is 1. The van der Waals surface area contributed by atoms with Crippen LogP contribution in [0.3, 0.4) is 0 Å². The minimum Gasteiger partial charge on any atom is -0.311 e. The van der Waals surface area contributed by atoms with Gasteiger partial charge < -0.3 is 4.90 Å². The lowest BCUT2D eigenvalue weighted by Gasteiger charge is -2.29. The first kappa shape index (κ1) is 19.6. The second kappa shape index (κ2) is 8.82. The molecule has 4 nitrogen and oxygen atoms in total. The van der Waals surface area contributed by atoms with Crippen LogP contribution < -0.4 is 4.90 Å². The lowest BCUT2D eigenvalue weighted by atomic mass is 10.0. The van der Waals surface area contributed by atoms with Gasteiger partial charge in [0.1, 0.15) is 0 Å². The van der Waals surface area contributed by atoms with E-state index >= 15 is 0 Å². The molecule has 0 spiro atoms. The third-order valence-corrected chi connectivity index (χ3v) is 6.45. The average molecular weight is 426 g/mol. The molecule has 2 heterocycles. The summed E-state index contributed by atoms with van der Waals surface area (Å²) >= 11 is 1.49. The SMILES string of the molecule is O=C(CSc1nc(-c2ccccc2)cn1-c1ccccc1)N1CCCc2ccccc21. The van der Waals surface area contributed by atoms with Gasteiger partial charge in [0.2, 0.25) is 5.91 Å². The highest BCUT2D eigenvalue weighted by Crippen LogP contribution is 2.30. The minimum atomic E-state index is 0.126. The zero-order valence-corrected chi connectivity index (χ0v) is 18.0. The molecule has 0 saturated carbocycles. The van der Waals surface area contributed by atoms with Gasteiger partial charge in [-0.1, -0.05) is 78.5 Å². The van der Waals surface area contributed by atoms with E-state index in [1.54, 1.807) is 0 Å². The maximum atomic E-state index is 13.1. The molecule has 0 radical (unpaired) electrons. The number of thioether (sulfide) groups is 1. The summed E-state index contributed by atoms with van der Waals surface area (Å²) in [5.74, 6) is 0.480. The first-order chi connectivity index (χ1) is 15.3. The van der Waals surface area contributed by atoms with Crippen molar-refractivity contribution < 1.29 is 4.79 Å². The molecule has 3 aromatic carbocycles. The van der Waals surface area contributed by atoms with E-state index in [0.29, 0.717) is 5.75 Å². The molecule has 0 bridgehead atoms. The van der Waals surface area contributed by atoms with Crippen molar-refractivity contribution in [3.63, 3.8) is 0 Å². The number of aromatic nitrogens is 2. The van der Waals surface area contributed by atoms with Crippen LogP contribution in [0.4, 0.5) is 5.69 Å². The third kappa shape index (κ3) is 4.14. The minimum absolute atomic E-state index is 0.126. The topological polar surface area (TPSA) is 38.1 Å². The molecule has 1 amide bonds. The third-order valence-electron chi connectivity index (χ3n) is 5.51. The molecular weight excluding hydrogens is 402 g/mol. The average Bonchev–Trinajstić information content (AvgIpc) is 3.27. The Morgan fingerprint density at radius 1 is 0.903 bits per heavy atom. The standard InChI is InChI=1S/C26H23N3OS/c30-25(28-17-9-13-21-12-7-8-16-24(21)28)19-31-26-27-23(20-10-3-1-4-11-20)18-29(26)22-14-5-2-6-15-22/h1-8,10-12,14-16,18H,9,13,17,19H2. The van der Waals surface area contributed by atoms with E-state index in [4.69, 9.17) is 4.98 Å². The van der Waals surface area contributed by atoms with Crippen LogP contribution in [0.1, 0.15) is 12.0 Å². The zero-order chi connectivity index (χ0) is 21.0. The van der Waals surface area contributed by atoms with Crippen molar-refractivity contribution in [3.8, 4) is 16.9 Å². The zero-order valence-electron chi connectivity index (χ0n) is 17.1. The predicted octanol–water partition coefficient (Wildman–Crippen LogP) is 5.61. The Morgan fingerprint density at radius 2 is 1.61 bits per heavy atom. The molecule has 0 aliphatic carbocycles. The van der Waals surface area contributed by atoms with Crippen molar-refractivity contribution >= 4 is 23.4 Å². The van der Waals surface area contributed by atoms with Gasteiger partial charge in [0.05, 0.1) is 11.4 Å². The van der Waals surface area contributed by atoms with Gasteiger partial charge in [-0.3, -0.25) is 9.36 Å². The number of rotatable bonds is 5. The molecular formula is C26H23N3OS. The Balaban J connectivity index is 1.41. The highest BCUT2D eigenvalue weighted by molar-refractivity contribution is 7.99. The summed E-state index contributed by atoms with van der Waals surface area (Å²) in [7, 11) is 0. The molecule has 5 heteroatoms.